The standard InChI is InChI=1S/C9H13ClO2/c10-8(9(11)12)7-4-5-1-2-6(7)3-5/h5-8H,1-4H2,(H,11,12)/t5-,6-,7-,8+/m0/s1. The Hall–Kier alpha value is -0.240. The third-order valence-electron chi connectivity index (χ3n) is 3.40. The molecule has 1 N–H and O–H groups in total. The highest BCUT2D eigenvalue weighted by Crippen LogP contribution is 2.50. The highest BCUT2D eigenvalue weighted by molar-refractivity contribution is 6.29. The van der Waals surface area contributed by atoms with Gasteiger partial charge in [0.15, 0.2) is 0 Å². The summed E-state index contributed by atoms with van der Waals surface area (Å²) in [5, 5.41) is 8.10. The molecule has 68 valence electrons. The molecule has 0 amide bonds. The van der Waals surface area contributed by atoms with E-state index in [4.69, 9.17) is 16.7 Å². The molecule has 0 aromatic rings. The van der Waals surface area contributed by atoms with Gasteiger partial charge in [0.2, 0.25) is 0 Å². The average Bonchev–Trinajstić information content (AvgIpc) is 2.62. The molecule has 2 fully saturated rings. The van der Waals surface area contributed by atoms with Crippen molar-refractivity contribution in [1.82, 2.24) is 0 Å². The lowest BCUT2D eigenvalue weighted by Gasteiger charge is -2.23. The van der Waals surface area contributed by atoms with Crippen LogP contribution in [-0.4, -0.2) is 16.5 Å². The van der Waals surface area contributed by atoms with Crippen LogP contribution < -0.4 is 0 Å². The number of carboxylic acids is 1. The van der Waals surface area contributed by atoms with Gasteiger partial charge in [-0.25, -0.2) is 0 Å². The van der Waals surface area contributed by atoms with Crippen LogP contribution in [0.2, 0.25) is 0 Å². The molecule has 0 aliphatic heterocycles. The molecule has 2 nitrogen and oxygen atoms in total. The first kappa shape index (κ1) is 8.36. The van der Waals surface area contributed by atoms with Gasteiger partial charge in [0.1, 0.15) is 5.38 Å². The normalized spacial score (nSPS) is 41.6. The minimum absolute atomic E-state index is 0.253. The maximum atomic E-state index is 10.6. The Morgan fingerprint density at radius 3 is 2.58 bits per heavy atom. The predicted molar refractivity (Wildman–Crippen MR) is 46.2 cm³/mol. The summed E-state index contributed by atoms with van der Waals surface area (Å²) in [4.78, 5) is 10.6. The highest BCUT2D eigenvalue weighted by Gasteiger charge is 2.44. The molecule has 0 unspecified atom stereocenters. The third-order valence-corrected chi connectivity index (χ3v) is 3.91. The second-order valence-electron chi connectivity index (χ2n) is 4.08. The molecule has 12 heavy (non-hydrogen) atoms. The van der Waals surface area contributed by atoms with Gasteiger partial charge in [-0.1, -0.05) is 6.42 Å². The molecule has 0 saturated heterocycles. The van der Waals surface area contributed by atoms with Gasteiger partial charge in [-0.05, 0) is 37.0 Å². The molecular weight excluding hydrogens is 176 g/mol. The molecule has 4 atom stereocenters. The Balaban J connectivity index is 2.02. The monoisotopic (exact) mass is 188 g/mol. The molecule has 3 heteroatoms. The van der Waals surface area contributed by atoms with Crippen LogP contribution in [0.3, 0.4) is 0 Å². The van der Waals surface area contributed by atoms with Crippen LogP contribution in [0.1, 0.15) is 25.7 Å². The number of hydrogen-bond donors (Lipinski definition) is 1. The highest BCUT2D eigenvalue weighted by atomic mass is 35.5. The van der Waals surface area contributed by atoms with E-state index in [0.29, 0.717) is 5.92 Å². The maximum absolute atomic E-state index is 10.6. The third kappa shape index (κ3) is 1.22. The molecule has 2 bridgehead atoms. The Bertz CT molecular complexity index is 205. The van der Waals surface area contributed by atoms with E-state index in [9.17, 15) is 4.79 Å². The number of rotatable bonds is 2. The SMILES string of the molecule is O=C(O)[C@H](Cl)[C@H]1C[C@H]2CC[C@H]1C2. The van der Waals surface area contributed by atoms with Gasteiger partial charge in [0.25, 0.3) is 0 Å². The van der Waals surface area contributed by atoms with Gasteiger partial charge < -0.3 is 5.11 Å². The second-order valence-corrected chi connectivity index (χ2v) is 4.55. The topological polar surface area (TPSA) is 37.3 Å². The quantitative estimate of drug-likeness (QED) is 0.674. The Morgan fingerprint density at radius 1 is 1.42 bits per heavy atom. The number of carbonyl (C=O) groups is 1. The summed E-state index contributed by atoms with van der Waals surface area (Å²) < 4.78 is 0. The van der Waals surface area contributed by atoms with Gasteiger partial charge in [-0.3, -0.25) is 4.79 Å². The van der Waals surface area contributed by atoms with Crippen LogP contribution in [0.25, 0.3) is 0 Å². The minimum atomic E-state index is -0.839. The molecule has 0 radical (unpaired) electrons. The van der Waals surface area contributed by atoms with E-state index in [1.165, 1.54) is 19.3 Å². The van der Waals surface area contributed by atoms with Gasteiger partial charge >= 0.3 is 5.97 Å². The summed E-state index contributed by atoms with van der Waals surface area (Å²) in [5.41, 5.74) is 0. The van der Waals surface area contributed by atoms with Crippen molar-refractivity contribution in [1.29, 1.82) is 0 Å². The molecule has 2 aliphatic rings. The molecule has 0 aromatic carbocycles. The molecule has 2 aliphatic carbocycles. The smallest absolute Gasteiger partial charge is 0.321 e. The minimum Gasteiger partial charge on any atom is -0.480 e. The Labute approximate surface area is 76.9 Å². The van der Waals surface area contributed by atoms with Crippen molar-refractivity contribution >= 4 is 17.6 Å². The van der Waals surface area contributed by atoms with Crippen molar-refractivity contribution in [2.45, 2.75) is 31.1 Å². The van der Waals surface area contributed by atoms with Crippen molar-refractivity contribution in [3.8, 4) is 0 Å². The van der Waals surface area contributed by atoms with E-state index in [2.05, 4.69) is 0 Å². The van der Waals surface area contributed by atoms with Crippen LogP contribution in [0, 0.1) is 17.8 Å². The maximum Gasteiger partial charge on any atom is 0.321 e. The van der Waals surface area contributed by atoms with Crippen LogP contribution in [0.4, 0.5) is 0 Å². The van der Waals surface area contributed by atoms with Crippen molar-refractivity contribution in [2.75, 3.05) is 0 Å². The summed E-state index contributed by atoms with van der Waals surface area (Å²) in [7, 11) is 0. The molecule has 2 rings (SSSR count). The van der Waals surface area contributed by atoms with Crippen molar-refractivity contribution in [3.05, 3.63) is 0 Å². The van der Waals surface area contributed by atoms with Crippen molar-refractivity contribution < 1.29 is 9.90 Å². The number of alkyl halides is 1. The molecule has 2 saturated carbocycles. The number of aliphatic carboxylic acids is 1. The van der Waals surface area contributed by atoms with E-state index < -0.39 is 11.3 Å². The fourth-order valence-electron chi connectivity index (χ4n) is 2.84. The predicted octanol–water partition coefficient (Wildman–Crippen LogP) is 2.11. The van der Waals surface area contributed by atoms with E-state index in [0.717, 1.165) is 12.3 Å². The molecule has 0 aromatic heterocycles. The fraction of sp³-hybridized carbons (Fsp3) is 0.889. The second kappa shape index (κ2) is 2.91. The molecule has 0 spiro atoms. The summed E-state index contributed by atoms with van der Waals surface area (Å²) in [6, 6.07) is 0. The van der Waals surface area contributed by atoms with E-state index in [1.54, 1.807) is 0 Å². The first-order valence-corrected chi connectivity index (χ1v) is 4.99. The zero-order valence-corrected chi connectivity index (χ0v) is 7.63. The Kier molecular flexibility index (Phi) is 2.03. The zero-order valence-electron chi connectivity index (χ0n) is 6.87. The van der Waals surface area contributed by atoms with Gasteiger partial charge in [-0.2, -0.15) is 0 Å². The summed E-state index contributed by atoms with van der Waals surface area (Å²) >= 11 is 5.82. The number of carboxylic acid groups (broad SMARTS) is 1. The number of halogens is 1. The summed E-state index contributed by atoms with van der Waals surface area (Å²) in [5.74, 6) is 0.798. The lowest BCUT2D eigenvalue weighted by Crippen LogP contribution is -2.28. The van der Waals surface area contributed by atoms with Crippen LogP contribution in [-0.2, 0) is 4.79 Å². The first-order chi connectivity index (χ1) is 5.68. The summed E-state index contributed by atoms with van der Waals surface area (Å²) in [6.07, 6.45) is 4.77. The number of hydrogen-bond acceptors (Lipinski definition) is 1. The molecule has 0 heterocycles. The zero-order chi connectivity index (χ0) is 8.72. The van der Waals surface area contributed by atoms with Gasteiger partial charge in [0, 0.05) is 0 Å². The van der Waals surface area contributed by atoms with Gasteiger partial charge in [-0.15, -0.1) is 11.6 Å². The number of fused-ring (bicyclic) bond motifs is 2. The lowest BCUT2D eigenvalue weighted by molar-refractivity contribution is -0.138. The fourth-order valence-corrected chi connectivity index (χ4v) is 3.14. The Morgan fingerprint density at radius 2 is 2.17 bits per heavy atom. The van der Waals surface area contributed by atoms with E-state index in [-0.39, 0.29) is 5.92 Å². The van der Waals surface area contributed by atoms with E-state index >= 15 is 0 Å². The van der Waals surface area contributed by atoms with Crippen molar-refractivity contribution in [2.24, 2.45) is 17.8 Å². The largest absolute Gasteiger partial charge is 0.480 e. The van der Waals surface area contributed by atoms with Gasteiger partial charge in [0.05, 0.1) is 0 Å². The first-order valence-electron chi connectivity index (χ1n) is 4.55. The molecular formula is C9H13ClO2. The van der Waals surface area contributed by atoms with E-state index in [1.807, 2.05) is 0 Å². The average molecular weight is 189 g/mol. The summed E-state index contributed by atoms with van der Waals surface area (Å²) in [6.45, 7) is 0. The lowest BCUT2D eigenvalue weighted by atomic mass is 9.86. The van der Waals surface area contributed by atoms with Crippen LogP contribution >= 0.6 is 11.6 Å². The van der Waals surface area contributed by atoms with Crippen LogP contribution in [0.15, 0.2) is 0 Å². The van der Waals surface area contributed by atoms with Crippen LogP contribution in [0.5, 0.6) is 0 Å². The van der Waals surface area contributed by atoms with Crippen molar-refractivity contribution in [3.63, 3.8) is 0 Å².